The first kappa shape index (κ1) is 13.6. The Balaban J connectivity index is 1.90. The summed E-state index contributed by atoms with van der Waals surface area (Å²) in [5, 5.41) is 0.573. The topological polar surface area (TPSA) is 44.5 Å². The van der Waals surface area contributed by atoms with Crippen molar-refractivity contribution in [1.29, 1.82) is 0 Å². The number of methoxy groups -OCH3 is 1. The number of nitrogens with two attached hydrogens (primary N) is 1. The van der Waals surface area contributed by atoms with Gasteiger partial charge in [0.05, 0.1) is 18.7 Å². The lowest BCUT2D eigenvalue weighted by Gasteiger charge is -2.09. The fraction of sp³-hybridized carbons (Fsp3) is 0.200. The summed E-state index contributed by atoms with van der Waals surface area (Å²) in [6.45, 7) is 0.551. The van der Waals surface area contributed by atoms with Crippen molar-refractivity contribution in [3.05, 3.63) is 53.1 Å². The second-order valence-corrected chi connectivity index (χ2v) is 4.54. The molecular formula is C15H16ClNO2. The molecule has 0 saturated heterocycles. The highest BCUT2D eigenvalue weighted by Crippen LogP contribution is 2.26. The van der Waals surface area contributed by atoms with Crippen molar-refractivity contribution in [2.45, 2.75) is 6.42 Å². The molecule has 100 valence electrons. The van der Waals surface area contributed by atoms with E-state index in [2.05, 4.69) is 0 Å². The molecule has 0 atom stereocenters. The van der Waals surface area contributed by atoms with Gasteiger partial charge < -0.3 is 15.2 Å². The van der Waals surface area contributed by atoms with Gasteiger partial charge in [0.2, 0.25) is 0 Å². The van der Waals surface area contributed by atoms with E-state index >= 15 is 0 Å². The van der Waals surface area contributed by atoms with E-state index in [0.29, 0.717) is 23.1 Å². The van der Waals surface area contributed by atoms with Gasteiger partial charge in [-0.3, -0.25) is 0 Å². The first-order chi connectivity index (χ1) is 9.19. The lowest BCUT2D eigenvalue weighted by atomic mass is 10.1. The first-order valence-corrected chi connectivity index (χ1v) is 6.37. The van der Waals surface area contributed by atoms with Crippen LogP contribution in [0.4, 0.5) is 5.69 Å². The third-order valence-electron chi connectivity index (χ3n) is 2.76. The standard InChI is InChI=1S/C15H16ClNO2/c1-18-13-5-2-11(3-6-13)8-9-19-15-10-12(17)4-7-14(15)16/h2-7,10H,8-9,17H2,1H3. The zero-order chi connectivity index (χ0) is 13.7. The number of hydrogen-bond donors (Lipinski definition) is 1. The van der Waals surface area contributed by atoms with E-state index in [0.717, 1.165) is 12.2 Å². The summed E-state index contributed by atoms with van der Waals surface area (Å²) in [7, 11) is 1.65. The molecule has 4 heteroatoms. The summed E-state index contributed by atoms with van der Waals surface area (Å²) < 4.78 is 10.7. The van der Waals surface area contributed by atoms with Gasteiger partial charge in [0.15, 0.2) is 0 Å². The van der Waals surface area contributed by atoms with E-state index in [1.807, 2.05) is 24.3 Å². The summed E-state index contributed by atoms with van der Waals surface area (Å²) in [4.78, 5) is 0. The molecule has 2 rings (SSSR count). The molecule has 0 radical (unpaired) electrons. The predicted octanol–water partition coefficient (Wildman–Crippen LogP) is 3.55. The van der Waals surface area contributed by atoms with Crippen LogP contribution in [0.3, 0.4) is 0 Å². The van der Waals surface area contributed by atoms with Gasteiger partial charge in [0, 0.05) is 18.2 Å². The SMILES string of the molecule is COc1ccc(CCOc2cc(N)ccc2Cl)cc1. The van der Waals surface area contributed by atoms with Gasteiger partial charge in [-0.2, -0.15) is 0 Å². The highest BCUT2D eigenvalue weighted by atomic mass is 35.5. The quantitative estimate of drug-likeness (QED) is 0.850. The molecule has 0 aromatic heterocycles. The minimum atomic E-state index is 0.551. The van der Waals surface area contributed by atoms with Gasteiger partial charge in [0.25, 0.3) is 0 Å². The third kappa shape index (κ3) is 3.80. The minimum Gasteiger partial charge on any atom is -0.497 e. The molecule has 2 N–H and O–H groups in total. The Hall–Kier alpha value is -1.87. The lowest BCUT2D eigenvalue weighted by molar-refractivity contribution is 0.322. The molecular weight excluding hydrogens is 262 g/mol. The van der Waals surface area contributed by atoms with Crippen LogP contribution in [0, 0.1) is 0 Å². The van der Waals surface area contributed by atoms with Crippen LogP contribution in [0.15, 0.2) is 42.5 Å². The summed E-state index contributed by atoms with van der Waals surface area (Å²) in [5.41, 5.74) is 7.51. The Morgan fingerprint density at radius 2 is 1.84 bits per heavy atom. The first-order valence-electron chi connectivity index (χ1n) is 6.00. The molecule has 0 unspecified atom stereocenters. The van der Waals surface area contributed by atoms with Crippen LogP contribution >= 0.6 is 11.6 Å². The zero-order valence-electron chi connectivity index (χ0n) is 10.7. The molecule has 19 heavy (non-hydrogen) atoms. The fourth-order valence-corrected chi connectivity index (χ4v) is 1.87. The molecule has 0 heterocycles. The number of hydrogen-bond acceptors (Lipinski definition) is 3. The van der Waals surface area contributed by atoms with E-state index in [-0.39, 0.29) is 0 Å². The minimum absolute atomic E-state index is 0.551. The van der Waals surface area contributed by atoms with Crippen LogP contribution in [-0.2, 0) is 6.42 Å². The van der Waals surface area contributed by atoms with Crippen molar-refractivity contribution in [2.24, 2.45) is 0 Å². The molecule has 0 amide bonds. The average molecular weight is 278 g/mol. The number of nitrogen functional groups attached to an aromatic ring is 1. The predicted molar refractivity (Wildman–Crippen MR) is 78.1 cm³/mol. The number of anilines is 1. The number of rotatable bonds is 5. The summed E-state index contributed by atoms with van der Waals surface area (Å²) in [6, 6.07) is 13.1. The van der Waals surface area contributed by atoms with Crippen LogP contribution < -0.4 is 15.2 Å². The smallest absolute Gasteiger partial charge is 0.139 e. The van der Waals surface area contributed by atoms with Crippen molar-refractivity contribution < 1.29 is 9.47 Å². The Bertz CT molecular complexity index is 540. The number of benzene rings is 2. The molecule has 0 aliphatic rings. The van der Waals surface area contributed by atoms with Crippen LogP contribution in [0.5, 0.6) is 11.5 Å². The van der Waals surface area contributed by atoms with Gasteiger partial charge in [-0.15, -0.1) is 0 Å². The van der Waals surface area contributed by atoms with Crippen LogP contribution in [0.2, 0.25) is 5.02 Å². The molecule has 0 aliphatic heterocycles. The van der Waals surface area contributed by atoms with Crippen molar-refractivity contribution in [3.63, 3.8) is 0 Å². The summed E-state index contributed by atoms with van der Waals surface area (Å²) in [5.74, 6) is 1.47. The molecule has 2 aromatic carbocycles. The van der Waals surface area contributed by atoms with E-state index < -0.39 is 0 Å². The largest absolute Gasteiger partial charge is 0.497 e. The highest BCUT2D eigenvalue weighted by Gasteiger charge is 2.02. The molecule has 0 fully saturated rings. The number of halogens is 1. The highest BCUT2D eigenvalue weighted by molar-refractivity contribution is 6.32. The second-order valence-electron chi connectivity index (χ2n) is 4.14. The normalized spacial score (nSPS) is 10.2. The van der Waals surface area contributed by atoms with Crippen LogP contribution in [-0.4, -0.2) is 13.7 Å². The summed E-state index contributed by atoms with van der Waals surface area (Å²) >= 11 is 6.02. The van der Waals surface area contributed by atoms with E-state index in [9.17, 15) is 0 Å². The Morgan fingerprint density at radius 3 is 2.53 bits per heavy atom. The molecule has 3 nitrogen and oxygen atoms in total. The second kappa shape index (κ2) is 6.34. The molecule has 0 aliphatic carbocycles. The summed E-state index contributed by atoms with van der Waals surface area (Å²) in [6.07, 6.45) is 0.801. The van der Waals surface area contributed by atoms with E-state index in [4.69, 9.17) is 26.8 Å². The van der Waals surface area contributed by atoms with Gasteiger partial charge in [0.1, 0.15) is 11.5 Å². The monoisotopic (exact) mass is 277 g/mol. The molecule has 0 bridgehead atoms. The Labute approximate surface area is 117 Å². The van der Waals surface area contributed by atoms with Crippen molar-refractivity contribution in [1.82, 2.24) is 0 Å². The molecule has 0 saturated carbocycles. The van der Waals surface area contributed by atoms with Crippen LogP contribution in [0.25, 0.3) is 0 Å². The maximum Gasteiger partial charge on any atom is 0.139 e. The Morgan fingerprint density at radius 1 is 1.11 bits per heavy atom. The Kier molecular flexibility index (Phi) is 4.53. The van der Waals surface area contributed by atoms with Crippen LogP contribution in [0.1, 0.15) is 5.56 Å². The zero-order valence-corrected chi connectivity index (χ0v) is 11.5. The van der Waals surface area contributed by atoms with Gasteiger partial charge in [-0.25, -0.2) is 0 Å². The molecule has 0 spiro atoms. The molecule has 2 aromatic rings. The van der Waals surface area contributed by atoms with E-state index in [1.54, 1.807) is 25.3 Å². The third-order valence-corrected chi connectivity index (χ3v) is 3.07. The van der Waals surface area contributed by atoms with Crippen molar-refractivity contribution in [3.8, 4) is 11.5 Å². The average Bonchev–Trinajstić information content (AvgIpc) is 2.43. The van der Waals surface area contributed by atoms with Gasteiger partial charge in [-0.05, 0) is 29.8 Å². The van der Waals surface area contributed by atoms with Crippen molar-refractivity contribution >= 4 is 17.3 Å². The lowest BCUT2D eigenvalue weighted by Crippen LogP contribution is -2.02. The fourth-order valence-electron chi connectivity index (χ4n) is 1.70. The van der Waals surface area contributed by atoms with Gasteiger partial charge in [-0.1, -0.05) is 23.7 Å². The van der Waals surface area contributed by atoms with Crippen molar-refractivity contribution in [2.75, 3.05) is 19.5 Å². The van der Waals surface area contributed by atoms with Gasteiger partial charge >= 0.3 is 0 Å². The maximum absolute atomic E-state index is 6.02. The maximum atomic E-state index is 6.02. The number of ether oxygens (including phenoxy) is 2. The van der Waals surface area contributed by atoms with E-state index in [1.165, 1.54) is 5.56 Å².